The fraction of sp³-hybridized carbons (Fsp3) is 0.233. The van der Waals surface area contributed by atoms with Crippen molar-refractivity contribution < 1.29 is 14.3 Å². The number of methoxy groups -OCH3 is 1. The van der Waals surface area contributed by atoms with Crippen molar-refractivity contribution in [2.45, 2.75) is 6.04 Å². The molecule has 0 radical (unpaired) electrons. The van der Waals surface area contributed by atoms with Crippen LogP contribution in [0.5, 0.6) is 5.88 Å². The molecule has 5 rings (SSSR count). The van der Waals surface area contributed by atoms with E-state index in [0.717, 1.165) is 13.1 Å². The third kappa shape index (κ3) is 5.45. The van der Waals surface area contributed by atoms with Crippen LogP contribution in [0.15, 0.2) is 91.1 Å². The quantitative estimate of drug-likeness (QED) is 0.403. The fourth-order valence-corrected chi connectivity index (χ4v) is 4.92. The van der Waals surface area contributed by atoms with Gasteiger partial charge in [-0.3, -0.25) is 19.2 Å². The zero-order valence-corrected chi connectivity index (χ0v) is 21.6. The Morgan fingerprint density at radius 2 is 1.42 bits per heavy atom. The fourth-order valence-electron chi connectivity index (χ4n) is 4.92. The van der Waals surface area contributed by atoms with Crippen molar-refractivity contribution in [3.05, 3.63) is 113 Å². The number of amides is 2. The topological polar surface area (TPSA) is 79.7 Å². The Bertz CT molecular complexity index is 1340. The molecule has 4 aromatic rings. The summed E-state index contributed by atoms with van der Waals surface area (Å²) in [5.74, 6) is -0.0679. The Kier molecular flexibility index (Phi) is 7.51. The lowest BCUT2D eigenvalue weighted by Gasteiger charge is -2.39. The number of hydrogen-bond donors (Lipinski definition) is 1. The summed E-state index contributed by atoms with van der Waals surface area (Å²) in [6.07, 6.45) is 1.60. The highest BCUT2D eigenvalue weighted by Crippen LogP contribution is 2.29. The number of aryl methyl sites for hydroxylation is 1. The van der Waals surface area contributed by atoms with E-state index in [2.05, 4.69) is 63.8 Å². The van der Waals surface area contributed by atoms with Crippen LogP contribution >= 0.6 is 0 Å². The Morgan fingerprint density at radius 1 is 0.842 bits per heavy atom. The molecule has 1 fully saturated rings. The van der Waals surface area contributed by atoms with Crippen LogP contribution in [0.25, 0.3) is 0 Å². The van der Waals surface area contributed by atoms with Gasteiger partial charge in [0.2, 0.25) is 5.88 Å². The predicted octanol–water partition coefficient (Wildman–Crippen LogP) is 4.23. The Hall–Kier alpha value is -4.43. The summed E-state index contributed by atoms with van der Waals surface area (Å²) in [6, 6.07) is 28.2. The maximum Gasteiger partial charge on any atom is 0.262 e. The summed E-state index contributed by atoms with van der Waals surface area (Å²) >= 11 is 0. The summed E-state index contributed by atoms with van der Waals surface area (Å²) in [5.41, 5.74) is 4.03. The Labute approximate surface area is 222 Å². The van der Waals surface area contributed by atoms with Crippen molar-refractivity contribution in [3.8, 4) is 5.88 Å². The molecule has 38 heavy (non-hydrogen) atoms. The Balaban J connectivity index is 1.22. The molecule has 8 heteroatoms. The minimum atomic E-state index is -0.323. The van der Waals surface area contributed by atoms with E-state index in [4.69, 9.17) is 4.74 Å². The maximum absolute atomic E-state index is 13.2. The zero-order valence-electron chi connectivity index (χ0n) is 21.6. The molecule has 2 amide bonds. The number of nitrogens with one attached hydrogen (secondary N) is 1. The minimum Gasteiger partial charge on any atom is -0.479 e. The van der Waals surface area contributed by atoms with Gasteiger partial charge in [0.25, 0.3) is 11.8 Å². The van der Waals surface area contributed by atoms with Gasteiger partial charge in [-0.25, -0.2) is 0 Å². The van der Waals surface area contributed by atoms with Gasteiger partial charge in [-0.2, -0.15) is 0 Å². The Morgan fingerprint density at radius 3 is 1.97 bits per heavy atom. The van der Waals surface area contributed by atoms with E-state index in [1.807, 2.05) is 17.0 Å². The number of nitrogens with zero attached hydrogens (tertiary/aromatic N) is 4. The second-order valence-electron chi connectivity index (χ2n) is 9.31. The number of anilines is 1. The van der Waals surface area contributed by atoms with Crippen molar-refractivity contribution in [2.75, 3.05) is 38.6 Å². The largest absolute Gasteiger partial charge is 0.479 e. The number of hydrogen-bond acceptors (Lipinski definition) is 5. The van der Waals surface area contributed by atoms with Crippen molar-refractivity contribution >= 4 is 17.5 Å². The molecule has 0 aliphatic carbocycles. The molecular formula is C30H31N5O3. The molecule has 0 spiro atoms. The van der Waals surface area contributed by atoms with Crippen molar-refractivity contribution in [1.29, 1.82) is 0 Å². The molecule has 0 bridgehead atoms. The first-order valence-corrected chi connectivity index (χ1v) is 12.7. The molecule has 0 atom stereocenters. The number of ether oxygens (including phenoxy) is 1. The number of rotatable bonds is 7. The molecule has 8 nitrogen and oxygen atoms in total. The number of piperazine rings is 1. The molecule has 1 saturated heterocycles. The molecule has 1 aliphatic heterocycles. The predicted molar refractivity (Wildman–Crippen MR) is 146 cm³/mol. The van der Waals surface area contributed by atoms with Gasteiger partial charge < -0.3 is 15.0 Å². The summed E-state index contributed by atoms with van der Waals surface area (Å²) in [7, 11) is 3.20. The van der Waals surface area contributed by atoms with Crippen molar-refractivity contribution in [2.24, 2.45) is 7.05 Å². The molecule has 1 aromatic heterocycles. The lowest BCUT2D eigenvalue weighted by Crippen LogP contribution is -2.49. The van der Waals surface area contributed by atoms with Crippen molar-refractivity contribution in [3.63, 3.8) is 0 Å². The second-order valence-corrected chi connectivity index (χ2v) is 9.31. The highest BCUT2D eigenvalue weighted by atomic mass is 16.5. The standard InChI is InChI=1S/C30H31N5O3/c1-33-21-26(29(32-33)38-2)28(36)31-25-15-13-24(14-16-25)30(37)35-19-17-34(18-20-35)27(22-9-5-3-6-10-22)23-11-7-4-8-12-23/h3-16,21,27H,17-20H2,1-2H3,(H,31,36). The smallest absolute Gasteiger partial charge is 0.262 e. The van der Waals surface area contributed by atoms with Gasteiger partial charge in [0.1, 0.15) is 5.56 Å². The lowest BCUT2D eigenvalue weighted by molar-refractivity contribution is 0.0597. The number of carbonyl (C=O) groups excluding carboxylic acids is 2. The number of benzene rings is 3. The third-order valence-corrected chi connectivity index (χ3v) is 6.82. The van der Waals surface area contributed by atoms with Gasteiger partial charge in [-0.15, -0.1) is 5.10 Å². The summed E-state index contributed by atoms with van der Waals surface area (Å²) in [6.45, 7) is 2.85. The third-order valence-electron chi connectivity index (χ3n) is 6.82. The van der Waals surface area contributed by atoms with Crippen LogP contribution in [0.2, 0.25) is 0 Å². The molecule has 0 unspecified atom stereocenters. The first kappa shape index (κ1) is 25.2. The van der Waals surface area contributed by atoms with E-state index in [0.29, 0.717) is 29.9 Å². The van der Waals surface area contributed by atoms with Gasteiger partial charge in [-0.1, -0.05) is 60.7 Å². The van der Waals surface area contributed by atoms with Gasteiger partial charge in [0.05, 0.1) is 13.2 Å². The summed E-state index contributed by atoms with van der Waals surface area (Å²) in [4.78, 5) is 30.2. The van der Waals surface area contributed by atoms with Gasteiger partial charge in [0, 0.05) is 50.7 Å². The number of aromatic nitrogens is 2. The molecule has 1 aliphatic rings. The highest BCUT2D eigenvalue weighted by Gasteiger charge is 2.28. The van der Waals surface area contributed by atoms with Gasteiger partial charge in [-0.05, 0) is 35.4 Å². The zero-order chi connectivity index (χ0) is 26.5. The summed E-state index contributed by atoms with van der Waals surface area (Å²) in [5, 5.41) is 6.95. The van der Waals surface area contributed by atoms with E-state index in [9.17, 15) is 9.59 Å². The van der Waals surface area contributed by atoms with Crippen LogP contribution in [0, 0.1) is 0 Å². The van der Waals surface area contributed by atoms with E-state index in [1.165, 1.54) is 22.9 Å². The van der Waals surface area contributed by atoms with Crippen LogP contribution in [0.4, 0.5) is 5.69 Å². The van der Waals surface area contributed by atoms with Crippen molar-refractivity contribution in [1.82, 2.24) is 19.6 Å². The first-order valence-electron chi connectivity index (χ1n) is 12.7. The molecule has 3 aromatic carbocycles. The van der Waals surface area contributed by atoms with Crippen LogP contribution in [0.3, 0.4) is 0 Å². The molecular weight excluding hydrogens is 478 g/mol. The van der Waals surface area contributed by atoms with Crippen LogP contribution in [-0.4, -0.2) is 64.7 Å². The average molecular weight is 510 g/mol. The van der Waals surface area contributed by atoms with Crippen LogP contribution in [-0.2, 0) is 7.05 Å². The van der Waals surface area contributed by atoms with Gasteiger partial charge >= 0.3 is 0 Å². The van der Waals surface area contributed by atoms with E-state index in [1.54, 1.807) is 37.5 Å². The summed E-state index contributed by atoms with van der Waals surface area (Å²) < 4.78 is 6.69. The molecule has 2 heterocycles. The second kappa shape index (κ2) is 11.3. The molecule has 1 N–H and O–H groups in total. The van der Waals surface area contributed by atoms with E-state index < -0.39 is 0 Å². The minimum absolute atomic E-state index is 0.00701. The average Bonchev–Trinajstić information content (AvgIpc) is 3.36. The van der Waals surface area contributed by atoms with Crippen LogP contribution < -0.4 is 10.1 Å². The van der Waals surface area contributed by atoms with Crippen LogP contribution in [0.1, 0.15) is 37.9 Å². The molecule has 194 valence electrons. The first-order chi connectivity index (χ1) is 18.5. The highest BCUT2D eigenvalue weighted by molar-refractivity contribution is 6.06. The maximum atomic E-state index is 13.2. The van der Waals surface area contributed by atoms with E-state index >= 15 is 0 Å². The number of carbonyl (C=O) groups is 2. The van der Waals surface area contributed by atoms with E-state index in [-0.39, 0.29) is 23.7 Å². The normalized spacial score (nSPS) is 13.9. The van der Waals surface area contributed by atoms with Gasteiger partial charge in [0.15, 0.2) is 0 Å². The SMILES string of the molecule is COc1nn(C)cc1C(=O)Nc1ccc(C(=O)N2CCN(C(c3ccccc3)c3ccccc3)CC2)cc1. The lowest BCUT2D eigenvalue weighted by atomic mass is 9.96. The molecule has 0 saturated carbocycles. The monoisotopic (exact) mass is 509 g/mol.